The second-order valence-corrected chi connectivity index (χ2v) is 9.55. The molecule has 1 N–H and O–H groups in total. The van der Waals surface area contributed by atoms with Gasteiger partial charge in [0.25, 0.3) is 0 Å². The van der Waals surface area contributed by atoms with Gasteiger partial charge in [0.05, 0.1) is 10.7 Å². The Balaban J connectivity index is 1.37. The maximum Gasteiger partial charge on any atom is 0.223 e. The number of piperidine rings is 1. The minimum absolute atomic E-state index is 0.0153. The van der Waals surface area contributed by atoms with Gasteiger partial charge in [0.2, 0.25) is 16.8 Å². The molecule has 2 saturated heterocycles. The summed E-state index contributed by atoms with van der Waals surface area (Å²) in [6.07, 6.45) is 5.52. The maximum atomic E-state index is 12.7. The van der Waals surface area contributed by atoms with Crippen LogP contribution in [0.3, 0.4) is 0 Å². The van der Waals surface area contributed by atoms with Gasteiger partial charge in [0.1, 0.15) is 5.82 Å². The first-order valence-electron chi connectivity index (χ1n) is 10.4. The fraction of sp³-hybridized carbons (Fsp3) is 0.476. The fourth-order valence-electron chi connectivity index (χ4n) is 4.25. The molecule has 4 rings (SSSR count). The highest BCUT2D eigenvalue weighted by Gasteiger charge is 2.30. The van der Waals surface area contributed by atoms with E-state index in [0.29, 0.717) is 24.5 Å². The van der Waals surface area contributed by atoms with Crippen LogP contribution in [0.5, 0.6) is 0 Å². The van der Waals surface area contributed by atoms with E-state index in [1.54, 1.807) is 12.4 Å². The predicted octanol–water partition coefficient (Wildman–Crippen LogP) is 2.04. The van der Waals surface area contributed by atoms with E-state index in [1.807, 2.05) is 25.1 Å². The Labute approximate surface area is 188 Å². The van der Waals surface area contributed by atoms with Crippen LogP contribution in [0.1, 0.15) is 24.8 Å². The Morgan fingerprint density at radius 2 is 1.97 bits per heavy atom. The summed E-state index contributed by atoms with van der Waals surface area (Å²) in [6.45, 7) is 4.28. The highest BCUT2D eigenvalue weighted by Crippen LogP contribution is 2.32. The molecule has 2 fully saturated rings. The number of carbonyl (C=O) groups is 1. The van der Waals surface area contributed by atoms with E-state index < -0.39 is 10.9 Å². The molecule has 1 atom stereocenters. The van der Waals surface area contributed by atoms with E-state index in [4.69, 9.17) is 11.6 Å². The number of aryl methyl sites for hydroxylation is 1. The van der Waals surface area contributed by atoms with Crippen LogP contribution in [0.2, 0.25) is 5.02 Å². The second-order valence-electron chi connectivity index (χ2n) is 8.10. The molecule has 10 heteroatoms. The molecule has 2 aliphatic rings. The molecule has 8 nitrogen and oxygen atoms in total. The molecule has 0 spiro atoms. The van der Waals surface area contributed by atoms with Gasteiger partial charge in [-0.3, -0.25) is 9.78 Å². The predicted molar refractivity (Wildman–Crippen MR) is 121 cm³/mol. The van der Waals surface area contributed by atoms with Gasteiger partial charge in [-0.1, -0.05) is 17.7 Å². The molecule has 0 unspecified atom stereocenters. The van der Waals surface area contributed by atoms with Gasteiger partial charge >= 0.3 is 0 Å². The van der Waals surface area contributed by atoms with Crippen LogP contribution in [0.15, 0.2) is 30.6 Å². The Morgan fingerprint density at radius 1 is 1.19 bits per heavy atom. The van der Waals surface area contributed by atoms with Gasteiger partial charge in [-0.05, 0) is 43.9 Å². The molecule has 1 amide bonds. The number of rotatable bonds is 5. The first-order chi connectivity index (χ1) is 14.9. The molecule has 0 aromatic carbocycles. The zero-order valence-electron chi connectivity index (χ0n) is 17.3. The van der Waals surface area contributed by atoms with Crippen molar-refractivity contribution in [1.29, 1.82) is 0 Å². The lowest BCUT2D eigenvalue weighted by atomic mass is 9.95. The SMILES string of the molecule is Cc1cccnc1-c1cc(N2CCC(C(=O)N[C@@H]3CCN([SH](=O)=O)C3)CC2)ncc1Cl. The standard InChI is InChI=1S/C21H26ClN5O3S/c1-14-3-2-7-23-20(14)17-11-19(24-12-18(17)22)26-8-4-15(5-9-26)21(28)25-16-6-10-27(13-16)31(29)30/h2-3,7,11-12,15-16,31H,4-6,8-10,13H2,1H3,(H,25,28)/t16-/m1/s1. The Hall–Kier alpha value is -2.23. The monoisotopic (exact) mass is 463 g/mol. The average Bonchev–Trinajstić information content (AvgIpc) is 3.24. The molecule has 166 valence electrons. The van der Waals surface area contributed by atoms with Crippen molar-refractivity contribution in [2.24, 2.45) is 5.92 Å². The number of carbonyl (C=O) groups excluding carboxylic acids is 1. The number of halogens is 1. The van der Waals surface area contributed by atoms with Crippen molar-refractivity contribution in [3.05, 3.63) is 41.2 Å². The van der Waals surface area contributed by atoms with Crippen LogP contribution in [-0.4, -0.2) is 60.8 Å². The van der Waals surface area contributed by atoms with Crippen molar-refractivity contribution in [3.63, 3.8) is 0 Å². The topological polar surface area (TPSA) is 95.5 Å². The zero-order valence-corrected chi connectivity index (χ0v) is 19.0. The third-order valence-electron chi connectivity index (χ3n) is 6.04. The highest BCUT2D eigenvalue weighted by molar-refractivity contribution is 7.69. The number of amides is 1. The lowest BCUT2D eigenvalue weighted by molar-refractivity contribution is -0.126. The zero-order chi connectivity index (χ0) is 22.0. The summed E-state index contributed by atoms with van der Waals surface area (Å²) in [5, 5.41) is 3.58. The lowest BCUT2D eigenvalue weighted by Gasteiger charge is -2.33. The minimum atomic E-state index is -2.57. The van der Waals surface area contributed by atoms with Gasteiger partial charge in [0, 0.05) is 56.1 Å². The van der Waals surface area contributed by atoms with E-state index in [-0.39, 0.29) is 17.9 Å². The fourth-order valence-corrected chi connectivity index (χ4v) is 5.05. The van der Waals surface area contributed by atoms with Crippen LogP contribution >= 0.6 is 11.6 Å². The molecule has 0 saturated carbocycles. The number of pyridine rings is 2. The second kappa shape index (κ2) is 9.50. The van der Waals surface area contributed by atoms with E-state index in [9.17, 15) is 13.2 Å². The van der Waals surface area contributed by atoms with Crippen molar-refractivity contribution in [1.82, 2.24) is 19.6 Å². The van der Waals surface area contributed by atoms with Crippen LogP contribution in [-0.2, 0) is 15.7 Å². The van der Waals surface area contributed by atoms with Crippen molar-refractivity contribution < 1.29 is 13.2 Å². The van der Waals surface area contributed by atoms with Crippen molar-refractivity contribution in [2.75, 3.05) is 31.1 Å². The van der Waals surface area contributed by atoms with Crippen LogP contribution < -0.4 is 10.2 Å². The van der Waals surface area contributed by atoms with Gasteiger partial charge in [-0.15, -0.1) is 0 Å². The molecule has 2 aromatic heterocycles. The summed E-state index contributed by atoms with van der Waals surface area (Å²) >= 11 is 6.40. The number of nitrogens with zero attached hydrogens (tertiary/aromatic N) is 4. The summed E-state index contributed by atoms with van der Waals surface area (Å²) in [5.41, 5.74) is 2.74. The summed E-state index contributed by atoms with van der Waals surface area (Å²) in [5.74, 6) is 0.770. The number of hydrogen-bond acceptors (Lipinski definition) is 6. The van der Waals surface area contributed by atoms with Crippen LogP contribution in [0, 0.1) is 12.8 Å². The van der Waals surface area contributed by atoms with Crippen molar-refractivity contribution in [2.45, 2.75) is 32.2 Å². The third-order valence-corrected chi connectivity index (χ3v) is 7.17. The van der Waals surface area contributed by atoms with Gasteiger partial charge in [0.15, 0.2) is 0 Å². The van der Waals surface area contributed by atoms with Crippen molar-refractivity contribution >= 4 is 34.2 Å². The van der Waals surface area contributed by atoms with Gasteiger partial charge < -0.3 is 10.2 Å². The lowest BCUT2D eigenvalue weighted by Crippen LogP contribution is -2.44. The molecule has 31 heavy (non-hydrogen) atoms. The number of hydrogen-bond donors (Lipinski definition) is 2. The molecular weight excluding hydrogens is 438 g/mol. The summed E-state index contributed by atoms with van der Waals surface area (Å²) < 4.78 is 23.6. The quantitative estimate of drug-likeness (QED) is 0.659. The highest BCUT2D eigenvalue weighted by atomic mass is 35.5. The maximum absolute atomic E-state index is 12.7. The number of nitrogens with one attached hydrogen (secondary N) is 1. The molecular formula is C21H26ClN5O3S. The van der Waals surface area contributed by atoms with Crippen LogP contribution in [0.4, 0.5) is 5.82 Å². The molecule has 2 aromatic rings. The Bertz CT molecular complexity index is 1030. The molecule has 4 heterocycles. The third kappa shape index (κ3) is 4.99. The smallest absolute Gasteiger partial charge is 0.223 e. The summed E-state index contributed by atoms with van der Waals surface area (Å²) in [7, 11) is -2.57. The summed E-state index contributed by atoms with van der Waals surface area (Å²) in [6, 6.07) is 5.77. The largest absolute Gasteiger partial charge is 0.357 e. The Kier molecular flexibility index (Phi) is 6.74. The molecule has 0 radical (unpaired) electrons. The first-order valence-corrected chi connectivity index (χ1v) is 12.0. The van der Waals surface area contributed by atoms with E-state index >= 15 is 0 Å². The summed E-state index contributed by atoms with van der Waals surface area (Å²) in [4.78, 5) is 23.8. The number of aromatic nitrogens is 2. The molecule has 2 aliphatic heterocycles. The van der Waals surface area contributed by atoms with Gasteiger partial charge in [-0.2, -0.15) is 0 Å². The van der Waals surface area contributed by atoms with Gasteiger partial charge in [-0.25, -0.2) is 17.7 Å². The van der Waals surface area contributed by atoms with E-state index in [0.717, 1.165) is 48.6 Å². The number of thiol groups is 1. The van der Waals surface area contributed by atoms with Crippen LogP contribution in [0.25, 0.3) is 11.3 Å². The van der Waals surface area contributed by atoms with E-state index in [1.165, 1.54) is 4.31 Å². The normalized spacial score (nSPS) is 20.4. The Morgan fingerprint density at radius 3 is 2.65 bits per heavy atom. The number of anilines is 1. The average molecular weight is 464 g/mol. The van der Waals surface area contributed by atoms with Crippen molar-refractivity contribution in [3.8, 4) is 11.3 Å². The van der Waals surface area contributed by atoms with E-state index in [2.05, 4.69) is 20.2 Å². The minimum Gasteiger partial charge on any atom is -0.357 e. The molecule has 0 bridgehead atoms. The first kappa shape index (κ1) is 22.0. The molecule has 0 aliphatic carbocycles.